The van der Waals surface area contributed by atoms with E-state index in [9.17, 15) is 0 Å². The topological polar surface area (TPSA) is 33.3 Å². The number of morpholine rings is 1. The zero-order chi connectivity index (χ0) is 10.5. The zero-order valence-corrected chi connectivity index (χ0v) is 9.07. The number of para-hydroxylation sites is 1. The van der Waals surface area contributed by atoms with Crippen LogP contribution < -0.4 is 10.6 Å². The molecule has 0 spiro atoms. The summed E-state index contributed by atoms with van der Waals surface area (Å²) in [5.74, 6) is 0. The van der Waals surface area contributed by atoms with E-state index in [1.165, 1.54) is 0 Å². The number of nitrogens with one attached hydrogen (secondary N) is 2. The Bertz CT molecular complexity index is 289. The number of hydrogen-bond acceptors (Lipinski definition) is 3. The fourth-order valence-electron chi connectivity index (χ4n) is 1.78. The number of ether oxygens (including phenoxy) is 1. The van der Waals surface area contributed by atoms with E-state index >= 15 is 0 Å². The molecule has 1 aliphatic rings. The average molecular weight is 206 g/mol. The van der Waals surface area contributed by atoms with Crippen molar-refractivity contribution in [1.29, 1.82) is 0 Å². The highest BCUT2D eigenvalue weighted by molar-refractivity contribution is 5.42. The molecule has 1 aromatic carbocycles. The minimum absolute atomic E-state index is 0.272. The predicted octanol–water partition coefficient (Wildman–Crippen LogP) is 1.48. The molecule has 2 N–H and O–H groups in total. The maximum atomic E-state index is 5.78. The van der Waals surface area contributed by atoms with Crippen molar-refractivity contribution >= 4 is 5.69 Å². The molecule has 1 aliphatic heterocycles. The van der Waals surface area contributed by atoms with Crippen molar-refractivity contribution in [3.8, 4) is 0 Å². The molecule has 0 unspecified atom stereocenters. The molecule has 0 aromatic heterocycles. The molecule has 0 saturated carbocycles. The van der Waals surface area contributed by atoms with Crippen LogP contribution in [0.15, 0.2) is 30.3 Å². The van der Waals surface area contributed by atoms with Gasteiger partial charge < -0.3 is 15.4 Å². The Morgan fingerprint density at radius 3 is 2.87 bits per heavy atom. The Morgan fingerprint density at radius 1 is 1.33 bits per heavy atom. The van der Waals surface area contributed by atoms with Crippen molar-refractivity contribution in [3.05, 3.63) is 30.3 Å². The van der Waals surface area contributed by atoms with E-state index in [-0.39, 0.29) is 6.10 Å². The van der Waals surface area contributed by atoms with Crippen LogP contribution in [0.1, 0.15) is 6.92 Å². The van der Waals surface area contributed by atoms with Gasteiger partial charge in [-0.2, -0.15) is 0 Å². The lowest BCUT2D eigenvalue weighted by Crippen LogP contribution is -2.46. The second-order valence-electron chi connectivity index (χ2n) is 3.97. The van der Waals surface area contributed by atoms with Gasteiger partial charge in [-0.1, -0.05) is 18.2 Å². The molecule has 0 bridgehead atoms. The molecule has 0 aliphatic carbocycles. The van der Waals surface area contributed by atoms with Crippen LogP contribution in [0.4, 0.5) is 5.69 Å². The minimum Gasteiger partial charge on any atom is -0.382 e. The van der Waals surface area contributed by atoms with E-state index in [0.29, 0.717) is 6.10 Å². The van der Waals surface area contributed by atoms with Gasteiger partial charge in [-0.3, -0.25) is 0 Å². The highest BCUT2D eigenvalue weighted by atomic mass is 16.5. The van der Waals surface area contributed by atoms with Crippen LogP contribution in [0.3, 0.4) is 0 Å². The van der Waals surface area contributed by atoms with Crippen molar-refractivity contribution in [2.24, 2.45) is 0 Å². The van der Waals surface area contributed by atoms with Crippen LogP contribution in [-0.2, 0) is 4.74 Å². The van der Waals surface area contributed by atoms with Gasteiger partial charge in [-0.15, -0.1) is 0 Å². The van der Waals surface area contributed by atoms with E-state index in [1.807, 2.05) is 18.2 Å². The molecule has 2 rings (SSSR count). The highest BCUT2D eigenvalue weighted by Crippen LogP contribution is 2.07. The summed E-state index contributed by atoms with van der Waals surface area (Å²) in [4.78, 5) is 0. The molecule has 1 saturated heterocycles. The lowest BCUT2D eigenvalue weighted by Gasteiger charge is -2.29. The van der Waals surface area contributed by atoms with Gasteiger partial charge in [-0.25, -0.2) is 0 Å². The van der Waals surface area contributed by atoms with Crippen molar-refractivity contribution in [2.45, 2.75) is 19.1 Å². The minimum atomic E-state index is 0.272. The molecular weight excluding hydrogens is 188 g/mol. The summed E-state index contributed by atoms with van der Waals surface area (Å²) in [5.41, 5.74) is 1.15. The summed E-state index contributed by atoms with van der Waals surface area (Å²) in [6, 6.07) is 10.2. The molecule has 1 aromatic rings. The van der Waals surface area contributed by atoms with Gasteiger partial charge in [0.25, 0.3) is 0 Å². The third-order valence-electron chi connectivity index (χ3n) is 2.54. The van der Waals surface area contributed by atoms with E-state index in [4.69, 9.17) is 4.74 Å². The summed E-state index contributed by atoms with van der Waals surface area (Å²) < 4.78 is 5.78. The summed E-state index contributed by atoms with van der Waals surface area (Å²) >= 11 is 0. The van der Waals surface area contributed by atoms with Crippen LogP contribution in [-0.4, -0.2) is 31.8 Å². The molecule has 1 heterocycles. The molecule has 0 amide bonds. The van der Waals surface area contributed by atoms with Gasteiger partial charge in [0, 0.05) is 25.3 Å². The van der Waals surface area contributed by atoms with Crippen LogP contribution in [0.5, 0.6) is 0 Å². The van der Waals surface area contributed by atoms with Crippen molar-refractivity contribution in [1.82, 2.24) is 5.32 Å². The van der Waals surface area contributed by atoms with E-state index < -0.39 is 0 Å². The van der Waals surface area contributed by atoms with Gasteiger partial charge in [0.2, 0.25) is 0 Å². The Hall–Kier alpha value is -1.06. The van der Waals surface area contributed by atoms with Crippen molar-refractivity contribution < 1.29 is 4.74 Å². The van der Waals surface area contributed by atoms with Crippen LogP contribution in [0, 0.1) is 0 Å². The summed E-state index contributed by atoms with van der Waals surface area (Å²) in [6.07, 6.45) is 0.593. The van der Waals surface area contributed by atoms with Gasteiger partial charge in [0.15, 0.2) is 0 Å². The lowest BCUT2D eigenvalue weighted by atomic mass is 10.2. The normalized spacial score (nSPS) is 26.2. The summed E-state index contributed by atoms with van der Waals surface area (Å²) in [6.45, 7) is 4.86. The van der Waals surface area contributed by atoms with Crippen LogP contribution >= 0.6 is 0 Å². The molecular formula is C12H18N2O. The molecule has 0 radical (unpaired) electrons. The van der Waals surface area contributed by atoms with E-state index in [1.54, 1.807) is 0 Å². The quantitative estimate of drug-likeness (QED) is 0.786. The number of benzene rings is 1. The zero-order valence-electron chi connectivity index (χ0n) is 9.07. The van der Waals surface area contributed by atoms with Crippen molar-refractivity contribution in [3.63, 3.8) is 0 Å². The number of rotatable bonds is 3. The Morgan fingerprint density at radius 2 is 2.13 bits per heavy atom. The molecule has 2 atom stereocenters. The van der Waals surface area contributed by atoms with Crippen LogP contribution in [0.2, 0.25) is 0 Å². The van der Waals surface area contributed by atoms with Gasteiger partial charge in [0.1, 0.15) is 0 Å². The van der Waals surface area contributed by atoms with Gasteiger partial charge >= 0.3 is 0 Å². The molecule has 3 heteroatoms. The molecule has 82 valence electrons. The summed E-state index contributed by atoms with van der Waals surface area (Å²) in [7, 11) is 0. The van der Waals surface area contributed by atoms with E-state index in [2.05, 4.69) is 29.7 Å². The standard InChI is InChI=1S/C12H18N2O/c1-10-7-13-8-12(15-10)9-14-11-5-3-2-4-6-11/h2-6,10,12-14H,7-9H2,1H3/t10-,12+/m1/s1. The predicted molar refractivity (Wildman–Crippen MR) is 62.1 cm³/mol. The monoisotopic (exact) mass is 206 g/mol. The van der Waals surface area contributed by atoms with Crippen molar-refractivity contribution in [2.75, 3.05) is 25.0 Å². The van der Waals surface area contributed by atoms with Crippen LogP contribution in [0.25, 0.3) is 0 Å². The Balaban J connectivity index is 1.78. The fraction of sp³-hybridized carbons (Fsp3) is 0.500. The molecule has 15 heavy (non-hydrogen) atoms. The first-order chi connectivity index (χ1) is 7.34. The first kappa shape index (κ1) is 10.5. The Labute approximate surface area is 90.8 Å². The maximum Gasteiger partial charge on any atom is 0.0875 e. The third kappa shape index (κ3) is 3.22. The highest BCUT2D eigenvalue weighted by Gasteiger charge is 2.17. The lowest BCUT2D eigenvalue weighted by molar-refractivity contribution is -0.0196. The third-order valence-corrected chi connectivity index (χ3v) is 2.54. The SMILES string of the molecule is C[C@@H]1CNC[C@@H](CNc2ccccc2)O1. The average Bonchev–Trinajstić information content (AvgIpc) is 2.28. The maximum absolute atomic E-state index is 5.78. The number of hydrogen-bond donors (Lipinski definition) is 2. The smallest absolute Gasteiger partial charge is 0.0875 e. The van der Waals surface area contributed by atoms with Gasteiger partial charge in [0.05, 0.1) is 12.2 Å². The largest absolute Gasteiger partial charge is 0.382 e. The summed E-state index contributed by atoms with van der Waals surface area (Å²) in [5, 5.41) is 6.73. The molecule has 1 fully saturated rings. The second-order valence-corrected chi connectivity index (χ2v) is 3.97. The Kier molecular flexibility index (Phi) is 3.59. The van der Waals surface area contributed by atoms with Gasteiger partial charge in [-0.05, 0) is 19.1 Å². The van der Waals surface area contributed by atoms with E-state index in [0.717, 1.165) is 25.3 Å². The first-order valence-electron chi connectivity index (χ1n) is 5.49. The molecule has 3 nitrogen and oxygen atoms in total. The first-order valence-corrected chi connectivity index (χ1v) is 5.49. The number of anilines is 1. The fourth-order valence-corrected chi connectivity index (χ4v) is 1.78. The second kappa shape index (κ2) is 5.14.